The average molecular weight is 346 g/mol. The van der Waals surface area contributed by atoms with E-state index in [0.717, 1.165) is 12.1 Å². The van der Waals surface area contributed by atoms with Crippen LogP contribution < -0.4 is 4.74 Å². The first-order chi connectivity index (χ1) is 11.3. The van der Waals surface area contributed by atoms with Crippen molar-refractivity contribution in [1.29, 1.82) is 0 Å². The van der Waals surface area contributed by atoms with Gasteiger partial charge < -0.3 is 14.7 Å². The number of carbonyl (C=O) groups excluding carboxylic acids is 1. The third-order valence-corrected chi connectivity index (χ3v) is 3.79. The van der Waals surface area contributed by atoms with Crippen molar-refractivity contribution < 1.29 is 27.8 Å². The van der Waals surface area contributed by atoms with Crippen molar-refractivity contribution >= 4 is 5.91 Å². The van der Waals surface area contributed by atoms with Gasteiger partial charge in [0.05, 0.1) is 11.7 Å². The molecule has 0 spiro atoms. The van der Waals surface area contributed by atoms with Gasteiger partial charge in [-0.25, -0.2) is 0 Å². The summed E-state index contributed by atoms with van der Waals surface area (Å²) in [5.74, 6) is 0.0238. The molecule has 0 radical (unpaired) electrons. The van der Waals surface area contributed by atoms with E-state index in [2.05, 4.69) is 4.90 Å². The molecule has 2 rings (SSSR count). The molecule has 1 N–H and O–H groups in total. The summed E-state index contributed by atoms with van der Waals surface area (Å²) in [4.78, 5) is 15.8. The van der Waals surface area contributed by atoms with Crippen molar-refractivity contribution in [3.63, 3.8) is 0 Å². The number of ether oxygens (including phenoxy) is 1. The Labute approximate surface area is 138 Å². The van der Waals surface area contributed by atoms with Gasteiger partial charge in [0.2, 0.25) is 0 Å². The Morgan fingerprint density at radius 3 is 2.29 bits per heavy atom. The van der Waals surface area contributed by atoms with E-state index in [1.165, 1.54) is 12.1 Å². The molecule has 1 heterocycles. The maximum absolute atomic E-state index is 12.5. The second-order valence-corrected chi connectivity index (χ2v) is 5.84. The average Bonchev–Trinajstić information content (AvgIpc) is 2.52. The fraction of sp³-hybridized carbons (Fsp3) is 0.562. The van der Waals surface area contributed by atoms with Crippen molar-refractivity contribution in [2.75, 3.05) is 39.3 Å². The smallest absolute Gasteiger partial charge is 0.416 e. The van der Waals surface area contributed by atoms with Crippen LogP contribution in [-0.2, 0) is 11.0 Å². The van der Waals surface area contributed by atoms with E-state index in [-0.39, 0.29) is 18.3 Å². The molecule has 1 saturated heterocycles. The van der Waals surface area contributed by atoms with Crippen LogP contribution in [0.5, 0.6) is 5.75 Å². The highest BCUT2D eigenvalue weighted by Crippen LogP contribution is 2.30. The molecule has 5 nitrogen and oxygen atoms in total. The highest BCUT2D eigenvalue weighted by molar-refractivity contribution is 5.77. The van der Waals surface area contributed by atoms with Gasteiger partial charge in [-0.2, -0.15) is 13.2 Å². The number of piperazine rings is 1. The molecule has 8 heteroatoms. The molecule has 1 aliphatic rings. The van der Waals surface area contributed by atoms with Gasteiger partial charge in [0.25, 0.3) is 5.91 Å². The standard InChI is InChI=1S/C16H21F3N2O3/c1-12(22)10-20-6-8-21(9-7-20)15(23)11-24-14-4-2-13(3-5-14)16(17,18)19/h2-5,12,22H,6-11H2,1H3. The molecule has 0 bridgehead atoms. The summed E-state index contributed by atoms with van der Waals surface area (Å²) in [7, 11) is 0. The Morgan fingerprint density at radius 2 is 1.79 bits per heavy atom. The second kappa shape index (κ2) is 7.85. The predicted molar refractivity (Wildman–Crippen MR) is 81.6 cm³/mol. The summed E-state index contributed by atoms with van der Waals surface area (Å²) >= 11 is 0. The summed E-state index contributed by atoms with van der Waals surface area (Å²) in [6.45, 7) is 4.53. The first kappa shape index (κ1) is 18.5. The normalized spacial score (nSPS) is 17.6. The second-order valence-electron chi connectivity index (χ2n) is 5.84. The zero-order chi connectivity index (χ0) is 17.7. The number of β-amino-alcohol motifs (C(OH)–C–C–N with tert-alkyl or cyclic N) is 1. The quantitative estimate of drug-likeness (QED) is 0.880. The molecule has 134 valence electrons. The Morgan fingerprint density at radius 1 is 1.21 bits per heavy atom. The number of carbonyl (C=O) groups is 1. The van der Waals surface area contributed by atoms with Gasteiger partial charge in [0.15, 0.2) is 6.61 Å². The molecule has 1 aliphatic heterocycles. The van der Waals surface area contributed by atoms with Crippen molar-refractivity contribution in [2.24, 2.45) is 0 Å². The Bertz CT molecular complexity index is 538. The lowest BCUT2D eigenvalue weighted by atomic mass is 10.2. The molecule has 0 saturated carbocycles. The number of rotatable bonds is 5. The van der Waals surface area contributed by atoms with Gasteiger partial charge >= 0.3 is 6.18 Å². The fourth-order valence-corrected chi connectivity index (χ4v) is 2.53. The number of benzene rings is 1. The first-order valence-electron chi connectivity index (χ1n) is 7.74. The molecule has 1 aromatic rings. The summed E-state index contributed by atoms with van der Waals surface area (Å²) in [6, 6.07) is 4.26. The van der Waals surface area contributed by atoms with Crippen molar-refractivity contribution in [1.82, 2.24) is 9.80 Å². The summed E-state index contributed by atoms with van der Waals surface area (Å²) < 4.78 is 42.7. The van der Waals surface area contributed by atoms with E-state index < -0.39 is 17.8 Å². The van der Waals surface area contributed by atoms with Crippen LogP contribution in [0.4, 0.5) is 13.2 Å². The van der Waals surface area contributed by atoms with E-state index in [1.807, 2.05) is 0 Å². The molecule has 0 aliphatic carbocycles. The van der Waals surface area contributed by atoms with Crippen LogP contribution in [-0.4, -0.2) is 66.2 Å². The fourth-order valence-electron chi connectivity index (χ4n) is 2.53. The van der Waals surface area contributed by atoms with Crippen LogP contribution in [0.3, 0.4) is 0 Å². The van der Waals surface area contributed by atoms with Crippen molar-refractivity contribution in [3.8, 4) is 5.75 Å². The lowest BCUT2D eigenvalue weighted by Gasteiger charge is -2.35. The third-order valence-electron chi connectivity index (χ3n) is 3.79. The van der Waals surface area contributed by atoms with E-state index in [9.17, 15) is 23.1 Å². The van der Waals surface area contributed by atoms with Gasteiger partial charge in [0, 0.05) is 32.7 Å². The summed E-state index contributed by atoms with van der Waals surface area (Å²) in [5, 5.41) is 9.35. The maximum atomic E-state index is 12.5. The highest BCUT2D eigenvalue weighted by Gasteiger charge is 2.30. The van der Waals surface area contributed by atoms with Crippen LogP contribution in [0, 0.1) is 0 Å². The first-order valence-corrected chi connectivity index (χ1v) is 7.74. The zero-order valence-corrected chi connectivity index (χ0v) is 13.4. The van der Waals surface area contributed by atoms with Gasteiger partial charge in [-0.1, -0.05) is 0 Å². The van der Waals surface area contributed by atoms with Gasteiger partial charge in [-0.3, -0.25) is 9.69 Å². The largest absolute Gasteiger partial charge is 0.484 e. The number of hydrogen-bond donors (Lipinski definition) is 1. The van der Waals surface area contributed by atoms with Crippen LogP contribution >= 0.6 is 0 Å². The molecule has 1 fully saturated rings. The minimum absolute atomic E-state index is 0.202. The molecule has 0 aromatic heterocycles. The maximum Gasteiger partial charge on any atom is 0.416 e. The highest BCUT2D eigenvalue weighted by atomic mass is 19.4. The predicted octanol–water partition coefficient (Wildman–Crippen LogP) is 1.61. The van der Waals surface area contributed by atoms with Crippen molar-refractivity contribution in [2.45, 2.75) is 19.2 Å². The van der Waals surface area contributed by atoms with Gasteiger partial charge in [-0.15, -0.1) is 0 Å². The molecule has 1 atom stereocenters. The summed E-state index contributed by atoms with van der Waals surface area (Å²) in [6.07, 6.45) is -4.80. The molecule has 24 heavy (non-hydrogen) atoms. The SMILES string of the molecule is CC(O)CN1CCN(C(=O)COc2ccc(C(F)(F)F)cc2)CC1. The number of nitrogens with zero attached hydrogens (tertiary/aromatic N) is 2. The lowest BCUT2D eigenvalue weighted by Crippen LogP contribution is -2.51. The lowest BCUT2D eigenvalue weighted by molar-refractivity contribution is -0.138. The minimum Gasteiger partial charge on any atom is -0.484 e. The molecular formula is C16H21F3N2O3. The number of hydrogen-bond acceptors (Lipinski definition) is 4. The topological polar surface area (TPSA) is 53.0 Å². The molecule has 1 amide bonds. The van der Waals surface area contributed by atoms with E-state index >= 15 is 0 Å². The van der Waals surface area contributed by atoms with Crippen LogP contribution in [0.2, 0.25) is 0 Å². The van der Waals surface area contributed by atoms with E-state index in [1.54, 1.807) is 11.8 Å². The van der Waals surface area contributed by atoms with E-state index in [0.29, 0.717) is 32.7 Å². The van der Waals surface area contributed by atoms with E-state index in [4.69, 9.17) is 4.74 Å². The number of aliphatic hydroxyl groups is 1. The Hall–Kier alpha value is -1.80. The van der Waals surface area contributed by atoms with Gasteiger partial charge in [0.1, 0.15) is 5.75 Å². The van der Waals surface area contributed by atoms with Crippen LogP contribution in [0.15, 0.2) is 24.3 Å². The number of amides is 1. The summed E-state index contributed by atoms with van der Waals surface area (Å²) in [5.41, 5.74) is -0.754. The van der Waals surface area contributed by atoms with Crippen LogP contribution in [0.1, 0.15) is 12.5 Å². The molecule has 1 aromatic carbocycles. The molecule has 1 unspecified atom stereocenters. The number of alkyl halides is 3. The van der Waals surface area contributed by atoms with Gasteiger partial charge in [-0.05, 0) is 31.2 Å². The molecular weight excluding hydrogens is 325 g/mol. The number of halogens is 3. The van der Waals surface area contributed by atoms with Crippen LogP contribution in [0.25, 0.3) is 0 Å². The Balaban J connectivity index is 1.77. The third kappa shape index (κ3) is 5.38. The monoisotopic (exact) mass is 346 g/mol. The zero-order valence-electron chi connectivity index (χ0n) is 13.4. The number of aliphatic hydroxyl groups excluding tert-OH is 1. The Kier molecular flexibility index (Phi) is 6.06. The minimum atomic E-state index is -4.39. The van der Waals surface area contributed by atoms with Crippen molar-refractivity contribution in [3.05, 3.63) is 29.8 Å².